The molecule has 0 aromatic rings. The number of carbonyl (C=O) groups is 2. The number of hydrogen-bond donors (Lipinski definition) is 0. The summed E-state index contributed by atoms with van der Waals surface area (Å²) in [5.41, 5.74) is 0. The van der Waals surface area contributed by atoms with Crippen LogP contribution in [0, 0.1) is 11.8 Å². The third kappa shape index (κ3) is 37.1. The Hall–Kier alpha value is -0.900. The fourth-order valence-corrected chi connectivity index (χ4v) is 8.37. The highest BCUT2D eigenvalue weighted by molar-refractivity contribution is 5.80. The van der Waals surface area contributed by atoms with Crippen LogP contribution in [-0.2, 0) is 14.3 Å². The van der Waals surface area contributed by atoms with E-state index in [1.807, 2.05) is 0 Å². The van der Waals surface area contributed by atoms with E-state index >= 15 is 0 Å². The van der Waals surface area contributed by atoms with Crippen LogP contribution in [0.5, 0.6) is 0 Å². The van der Waals surface area contributed by atoms with Crippen molar-refractivity contribution < 1.29 is 14.3 Å². The van der Waals surface area contributed by atoms with E-state index in [1.165, 1.54) is 212 Å². The Morgan fingerprint density at radius 1 is 0.364 bits per heavy atom. The number of rotatable bonds is 46. The zero-order valence-corrected chi connectivity index (χ0v) is 38.5. The van der Waals surface area contributed by atoms with Crippen molar-refractivity contribution >= 4 is 11.8 Å². The van der Waals surface area contributed by atoms with E-state index in [2.05, 4.69) is 39.5 Å². The van der Waals surface area contributed by atoms with Crippen molar-refractivity contribution in [2.45, 2.75) is 279 Å². The molecule has 0 aliphatic carbocycles. The number of esters is 1. The van der Waals surface area contributed by atoms with Crippen molar-refractivity contribution in [1.29, 1.82) is 0 Å². The minimum absolute atomic E-state index is 0.0845. The van der Waals surface area contributed by atoms with Gasteiger partial charge in [0.05, 0.1) is 12.5 Å². The van der Waals surface area contributed by atoms with E-state index in [9.17, 15) is 9.59 Å². The van der Waals surface area contributed by atoms with Crippen LogP contribution in [0.15, 0.2) is 0 Å². The van der Waals surface area contributed by atoms with E-state index in [1.54, 1.807) is 0 Å². The lowest BCUT2D eigenvalue weighted by molar-refractivity contribution is -0.149. The number of unbranched alkanes of at least 4 members (excludes halogenated alkanes) is 26. The monoisotopic (exact) mass is 776 g/mol. The van der Waals surface area contributed by atoms with Gasteiger partial charge in [-0.15, -0.1) is 0 Å². The molecule has 0 spiro atoms. The van der Waals surface area contributed by atoms with Crippen LogP contribution >= 0.6 is 0 Å². The highest BCUT2D eigenvalue weighted by Gasteiger charge is 2.20. The van der Waals surface area contributed by atoms with Crippen molar-refractivity contribution in [3.05, 3.63) is 0 Å². The van der Waals surface area contributed by atoms with E-state index in [0.29, 0.717) is 18.3 Å². The summed E-state index contributed by atoms with van der Waals surface area (Å²) in [5.74, 6) is 1.11. The Kier molecular flexibility index (Phi) is 43.5. The van der Waals surface area contributed by atoms with Gasteiger partial charge in [-0.1, -0.05) is 214 Å². The van der Waals surface area contributed by atoms with Gasteiger partial charge >= 0.3 is 5.97 Å². The smallest absolute Gasteiger partial charge is 0.308 e. The molecule has 55 heavy (non-hydrogen) atoms. The van der Waals surface area contributed by atoms with Gasteiger partial charge in [0.25, 0.3) is 0 Å². The molecule has 0 heterocycles. The molecule has 4 heteroatoms. The van der Waals surface area contributed by atoms with Crippen LogP contribution in [0.3, 0.4) is 0 Å². The maximum absolute atomic E-state index is 13.2. The van der Waals surface area contributed by atoms with Crippen molar-refractivity contribution in [1.82, 2.24) is 4.90 Å². The lowest BCUT2D eigenvalue weighted by atomic mass is 9.88. The summed E-state index contributed by atoms with van der Waals surface area (Å²) >= 11 is 0. The Labute approximate surface area is 346 Å². The second-order valence-electron chi connectivity index (χ2n) is 17.7. The van der Waals surface area contributed by atoms with Crippen molar-refractivity contribution in [2.24, 2.45) is 11.8 Å². The summed E-state index contributed by atoms with van der Waals surface area (Å²) < 4.78 is 5.86. The third-order valence-electron chi connectivity index (χ3n) is 12.3. The molecule has 0 aliphatic rings. The molecule has 0 saturated heterocycles. The average molecular weight is 776 g/mol. The van der Waals surface area contributed by atoms with Gasteiger partial charge in [0.1, 0.15) is 5.78 Å². The zero-order valence-electron chi connectivity index (χ0n) is 38.5. The highest BCUT2D eigenvalue weighted by Crippen LogP contribution is 2.23. The third-order valence-corrected chi connectivity index (χ3v) is 12.3. The van der Waals surface area contributed by atoms with Gasteiger partial charge < -0.3 is 9.64 Å². The largest absolute Gasteiger partial charge is 0.465 e. The summed E-state index contributed by atoms with van der Waals surface area (Å²) in [5, 5.41) is 0. The minimum atomic E-state index is 0.0845. The minimum Gasteiger partial charge on any atom is -0.465 e. The van der Waals surface area contributed by atoms with E-state index in [0.717, 1.165) is 51.4 Å². The first kappa shape index (κ1) is 54.1. The van der Waals surface area contributed by atoms with Gasteiger partial charge in [0, 0.05) is 12.3 Å². The second-order valence-corrected chi connectivity index (χ2v) is 17.7. The predicted molar refractivity (Wildman–Crippen MR) is 243 cm³/mol. The number of ketones is 1. The quantitative estimate of drug-likeness (QED) is 0.0456. The number of ether oxygens (including phenoxy) is 1. The Bertz CT molecular complexity index is 784. The normalized spacial score (nSPS) is 12.8. The molecule has 0 radical (unpaired) electrons. The average Bonchev–Trinajstić information content (AvgIpc) is 3.19. The molecule has 0 aliphatic heterocycles. The van der Waals surface area contributed by atoms with Crippen LogP contribution < -0.4 is 0 Å². The van der Waals surface area contributed by atoms with Gasteiger partial charge in [0.15, 0.2) is 0 Å². The van der Waals surface area contributed by atoms with Crippen molar-refractivity contribution in [3.8, 4) is 0 Å². The van der Waals surface area contributed by atoms with Crippen LogP contribution in [0.2, 0.25) is 0 Å². The van der Waals surface area contributed by atoms with E-state index < -0.39 is 0 Å². The fraction of sp³-hybridized carbons (Fsp3) is 0.961. The first-order valence-corrected chi connectivity index (χ1v) is 25.4. The number of Topliss-reactive ketones (excluding diaryl/α,β-unsaturated/α-hetero) is 1. The van der Waals surface area contributed by atoms with Crippen LogP contribution in [-0.4, -0.2) is 42.9 Å². The second kappa shape index (κ2) is 44.2. The molecule has 2 unspecified atom stereocenters. The summed E-state index contributed by atoms with van der Waals surface area (Å²) in [6, 6.07) is 0. The molecule has 328 valence electrons. The molecule has 0 bridgehead atoms. The summed E-state index contributed by atoms with van der Waals surface area (Å²) in [6.45, 7) is 15.7. The van der Waals surface area contributed by atoms with Gasteiger partial charge in [-0.3, -0.25) is 9.59 Å². The van der Waals surface area contributed by atoms with Crippen LogP contribution in [0.1, 0.15) is 279 Å². The Balaban J connectivity index is 4.31. The maximum Gasteiger partial charge on any atom is 0.308 e. The molecule has 2 atom stereocenters. The molecule has 0 amide bonds. The molecule has 0 aromatic carbocycles. The van der Waals surface area contributed by atoms with E-state index in [-0.39, 0.29) is 11.9 Å². The predicted octanol–water partition coefficient (Wildman–Crippen LogP) is 16.6. The molecular weight excluding hydrogens is 675 g/mol. The number of carbonyl (C=O) groups excluding carboxylic acids is 2. The lowest BCUT2D eigenvalue weighted by Gasteiger charge is -2.22. The van der Waals surface area contributed by atoms with Crippen molar-refractivity contribution in [2.75, 3.05) is 26.2 Å². The Morgan fingerprint density at radius 2 is 0.673 bits per heavy atom. The fourth-order valence-electron chi connectivity index (χ4n) is 8.37. The number of hydrogen-bond acceptors (Lipinski definition) is 4. The topological polar surface area (TPSA) is 46.6 Å². The molecule has 0 saturated carbocycles. The Morgan fingerprint density at radius 3 is 1.13 bits per heavy atom. The SMILES string of the molecule is CCCCCCCCC(CCCCCC)C(=O)CCCCCCCCN(CCCCC)CCCCCCOC(=O)C(CCCCCC)CCCCCCCC. The standard InChI is InChI=1S/C51H101NO3/c1-6-11-16-20-24-32-40-48(39-30-18-13-8-3)50(53)43-34-26-22-23-27-36-45-52(44-35-15-10-5)46-37-28-29-38-47-55-51(54)49(41-31-19-14-9-4)42-33-25-21-17-12-7-2/h48-49H,6-47H2,1-5H3. The lowest BCUT2D eigenvalue weighted by Crippen LogP contribution is -2.27. The highest BCUT2D eigenvalue weighted by atomic mass is 16.5. The van der Waals surface area contributed by atoms with Gasteiger partial charge in [-0.05, 0) is 77.4 Å². The van der Waals surface area contributed by atoms with Crippen LogP contribution in [0.4, 0.5) is 0 Å². The molecule has 0 N–H and O–H groups in total. The summed E-state index contributed by atoms with van der Waals surface area (Å²) in [4.78, 5) is 28.9. The molecular formula is C51H101NO3. The summed E-state index contributed by atoms with van der Waals surface area (Å²) in [6.07, 6.45) is 46.9. The first-order valence-electron chi connectivity index (χ1n) is 25.4. The molecule has 0 rings (SSSR count). The molecule has 0 aromatic heterocycles. The number of nitrogens with zero attached hydrogens (tertiary/aromatic N) is 1. The van der Waals surface area contributed by atoms with Gasteiger partial charge in [-0.25, -0.2) is 0 Å². The van der Waals surface area contributed by atoms with Gasteiger partial charge in [-0.2, -0.15) is 0 Å². The first-order chi connectivity index (χ1) is 27.0. The van der Waals surface area contributed by atoms with Crippen LogP contribution in [0.25, 0.3) is 0 Å². The summed E-state index contributed by atoms with van der Waals surface area (Å²) in [7, 11) is 0. The molecule has 4 nitrogen and oxygen atoms in total. The molecule has 0 fully saturated rings. The maximum atomic E-state index is 13.2. The van der Waals surface area contributed by atoms with E-state index in [4.69, 9.17) is 4.74 Å². The van der Waals surface area contributed by atoms with Gasteiger partial charge in [0.2, 0.25) is 0 Å². The van der Waals surface area contributed by atoms with Crippen molar-refractivity contribution in [3.63, 3.8) is 0 Å². The zero-order chi connectivity index (χ0) is 40.3.